The Morgan fingerprint density at radius 2 is 1.85 bits per heavy atom. The van der Waals surface area contributed by atoms with Crippen molar-refractivity contribution in [3.8, 4) is 28.5 Å². The monoisotopic (exact) mass is 403 g/mol. The SMILES string of the molecule is COc1ccc(-c2csc(N/N=C\c3cc(Cl)c(OC)c(OC)c3)n2)cc1. The molecule has 6 nitrogen and oxygen atoms in total. The van der Waals surface area contributed by atoms with Crippen molar-refractivity contribution in [3.05, 3.63) is 52.4 Å². The summed E-state index contributed by atoms with van der Waals surface area (Å²) < 4.78 is 15.7. The van der Waals surface area contributed by atoms with E-state index in [0.29, 0.717) is 21.7 Å². The quantitative estimate of drug-likeness (QED) is 0.447. The number of ether oxygens (including phenoxy) is 3. The number of methoxy groups -OCH3 is 3. The molecule has 3 rings (SSSR count). The Hall–Kier alpha value is -2.77. The van der Waals surface area contributed by atoms with Crippen molar-refractivity contribution in [2.24, 2.45) is 5.10 Å². The topological polar surface area (TPSA) is 65.0 Å². The van der Waals surface area contributed by atoms with Gasteiger partial charge in [-0.25, -0.2) is 4.98 Å². The minimum atomic E-state index is 0.453. The third-order valence-electron chi connectivity index (χ3n) is 3.72. The first-order chi connectivity index (χ1) is 13.1. The molecule has 0 radical (unpaired) electrons. The molecule has 0 spiro atoms. The highest BCUT2D eigenvalue weighted by molar-refractivity contribution is 7.14. The number of aromatic nitrogens is 1. The Balaban J connectivity index is 1.70. The molecule has 8 heteroatoms. The molecule has 0 amide bonds. The summed E-state index contributed by atoms with van der Waals surface area (Å²) >= 11 is 7.66. The molecule has 140 valence electrons. The number of nitrogens with one attached hydrogen (secondary N) is 1. The third kappa shape index (κ3) is 4.50. The lowest BCUT2D eigenvalue weighted by Gasteiger charge is -2.09. The first kappa shape index (κ1) is 19.0. The van der Waals surface area contributed by atoms with Crippen LogP contribution in [0.3, 0.4) is 0 Å². The zero-order valence-corrected chi connectivity index (χ0v) is 16.6. The summed E-state index contributed by atoms with van der Waals surface area (Å²) in [5.41, 5.74) is 5.58. The Morgan fingerprint density at radius 3 is 2.52 bits per heavy atom. The Bertz CT molecular complexity index is 942. The van der Waals surface area contributed by atoms with Gasteiger partial charge in [0.05, 0.1) is 38.3 Å². The molecule has 3 aromatic rings. The van der Waals surface area contributed by atoms with Gasteiger partial charge in [-0.3, -0.25) is 5.43 Å². The van der Waals surface area contributed by atoms with E-state index in [0.717, 1.165) is 22.6 Å². The highest BCUT2D eigenvalue weighted by Crippen LogP contribution is 2.35. The number of benzene rings is 2. The van der Waals surface area contributed by atoms with Crippen molar-refractivity contribution in [1.29, 1.82) is 0 Å². The average Bonchev–Trinajstić information content (AvgIpc) is 3.16. The van der Waals surface area contributed by atoms with Crippen LogP contribution < -0.4 is 19.6 Å². The fraction of sp³-hybridized carbons (Fsp3) is 0.158. The predicted molar refractivity (Wildman–Crippen MR) is 110 cm³/mol. The third-order valence-corrected chi connectivity index (χ3v) is 4.75. The van der Waals surface area contributed by atoms with Gasteiger partial charge in [0.25, 0.3) is 0 Å². The van der Waals surface area contributed by atoms with Gasteiger partial charge in [0.1, 0.15) is 5.75 Å². The summed E-state index contributed by atoms with van der Waals surface area (Å²) in [5, 5.41) is 7.32. The summed E-state index contributed by atoms with van der Waals surface area (Å²) in [7, 11) is 4.75. The van der Waals surface area contributed by atoms with Crippen LogP contribution in [0.5, 0.6) is 17.2 Å². The number of anilines is 1. The van der Waals surface area contributed by atoms with Crippen LogP contribution in [0.25, 0.3) is 11.3 Å². The first-order valence-electron chi connectivity index (χ1n) is 7.95. The van der Waals surface area contributed by atoms with Crippen molar-refractivity contribution in [1.82, 2.24) is 4.98 Å². The molecule has 0 fully saturated rings. The van der Waals surface area contributed by atoms with Crippen molar-refractivity contribution in [2.45, 2.75) is 0 Å². The van der Waals surface area contributed by atoms with Gasteiger partial charge >= 0.3 is 0 Å². The number of hydrogen-bond acceptors (Lipinski definition) is 7. The lowest BCUT2D eigenvalue weighted by Crippen LogP contribution is -1.95. The van der Waals surface area contributed by atoms with E-state index in [1.54, 1.807) is 39.7 Å². The molecule has 0 unspecified atom stereocenters. The van der Waals surface area contributed by atoms with E-state index in [1.165, 1.54) is 11.3 Å². The van der Waals surface area contributed by atoms with E-state index in [1.807, 2.05) is 29.6 Å². The van der Waals surface area contributed by atoms with Crippen LogP contribution in [0, 0.1) is 0 Å². The van der Waals surface area contributed by atoms with Gasteiger partial charge in [-0.05, 0) is 42.0 Å². The number of rotatable bonds is 7. The van der Waals surface area contributed by atoms with E-state index in [2.05, 4.69) is 15.5 Å². The molecular weight excluding hydrogens is 386 g/mol. The molecule has 0 aliphatic rings. The smallest absolute Gasteiger partial charge is 0.203 e. The molecule has 0 aliphatic carbocycles. The molecule has 0 saturated carbocycles. The lowest BCUT2D eigenvalue weighted by atomic mass is 10.2. The van der Waals surface area contributed by atoms with E-state index < -0.39 is 0 Å². The second-order valence-electron chi connectivity index (χ2n) is 5.37. The standard InChI is InChI=1S/C19H18ClN3O3S/c1-24-14-6-4-13(5-7-14)16-11-27-19(22-16)23-21-10-12-8-15(20)18(26-3)17(9-12)25-2/h4-11H,1-3H3,(H,22,23)/b21-10-. The highest BCUT2D eigenvalue weighted by Gasteiger charge is 2.10. The van der Waals surface area contributed by atoms with Crippen LogP contribution in [-0.2, 0) is 0 Å². The zero-order chi connectivity index (χ0) is 19.2. The van der Waals surface area contributed by atoms with E-state index in [4.69, 9.17) is 25.8 Å². The highest BCUT2D eigenvalue weighted by atomic mass is 35.5. The predicted octanol–water partition coefficient (Wildman–Crippen LogP) is 4.94. The summed E-state index contributed by atoms with van der Waals surface area (Å²) in [6.07, 6.45) is 1.64. The molecule has 1 N–H and O–H groups in total. The Kier molecular flexibility index (Phi) is 6.16. The van der Waals surface area contributed by atoms with Crippen LogP contribution in [0.15, 0.2) is 46.9 Å². The lowest BCUT2D eigenvalue weighted by molar-refractivity contribution is 0.355. The van der Waals surface area contributed by atoms with Crippen molar-refractivity contribution < 1.29 is 14.2 Å². The van der Waals surface area contributed by atoms with Crippen molar-refractivity contribution >= 4 is 34.3 Å². The molecular formula is C19H18ClN3O3S. The number of hydrazone groups is 1. The maximum absolute atomic E-state index is 6.20. The van der Waals surface area contributed by atoms with Crippen LogP contribution in [-0.4, -0.2) is 32.5 Å². The van der Waals surface area contributed by atoms with Gasteiger partial charge in [-0.2, -0.15) is 5.10 Å². The molecule has 1 aromatic heterocycles. The number of halogens is 1. The maximum Gasteiger partial charge on any atom is 0.203 e. The zero-order valence-electron chi connectivity index (χ0n) is 15.0. The molecule has 0 atom stereocenters. The largest absolute Gasteiger partial charge is 0.497 e. The second kappa shape index (κ2) is 8.75. The van der Waals surface area contributed by atoms with Crippen molar-refractivity contribution in [2.75, 3.05) is 26.8 Å². The second-order valence-corrected chi connectivity index (χ2v) is 6.64. The first-order valence-corrected chi connectivity index (χ1v) is 9.21. The summed E-state index contributed by atoms with van der Waals surface area (Å²) in [4.78, 5) is 4.53. The van der Waals surface area contributed by atoms with Gasteiger partial charge in [0.2, 0.25) is 5.13 Å². The fourth-order valence-corrected chi connectivity index (χ4v) is 3.36. The van der Waals surface area contributed by atoms with Gasteiger partial charge in [0.15, 0.2) is 11.5 Å². The molecule has 0 aliphatic heterocycles. The summed E-state index contributed by atoms with van der Waals surface area (Å²) in [6.45, 7) is 0. The Labute approximate surface area is 166 Å². The number of nitrogens with zero attached hydrogens (tertiary/aromatic N) is 2. The van der Waals surface area contributed by atoms with Crippen molar-refractivity contribution in [3.63, 3.8) is 0 Å². The number of hydrogen-bond donors (Lipinski definition) is 1. The maximum atomic E-state index is 6.20. The number of thiazole rings is 1. The van der Waals surface area contributed by atoms with Crippen LogP contribution in [0.1, 0.15) is 5.56 Å². The normalized spacial score (nSPS) is 10.8. The van der Waals surface area contributed by atoms with E-state index in [-0.39, 0.29) is 0 Å². The van der Waals surface area contributed by atoms with Gasteiger partial charge in [-0.15, -0.1) is 11.3 Å². The van der Waals surface area contributed by atoms with Crippen LogP contribution in [0.4, 0.5) is 5.13 Å². The Morgan fingerprint density at radius 1 is 1.07 bits per heavy atom. The summed E-state index contributed by atoms with van der Waals surface area (Å²) in [6, 6.07) is 11.3. The van der Waals surface area contributed by atoms with Crippen LogP contribution in [0.2, 0.25) is 5.02 Å². The fourth-order valence-electron chi connectivity index (χ4n) is 2.39. The molecule has 27 heavy (non-hydrogen) atoms. The molecule has 1 heterocycles. The molecule has 0 saturated heterocycles. The molecule has 0 bridgehead atoms. The van der Waals surface area contributed by atoms with Gasteiger partial charge in [-0.1, -0.05) is 11.6 Å². The van der Waals surface area contributed by atoms with E-state index in [9.17, 15) is 0 Å². The minimum absolute atomic E-state index is 0.453. The van der Waals surface area contributed by atoms with Crippen LogP contribution >= 0.6 is 22.9 Å². The van der Waals surface area contributed by atoms with Gasteiger partial charge in [0, 0.05) is 10.9 Å². The minimum Gasteiger partial charge on any atom is -0.497 e. The van der Waals surface area contributed by atoms with E-state index >= 15 is 0 Å². The average molecular weight is 404 g/mol. The van der Waals surface area contributed by atoms with Gasteiger partial charge < -0.3 is 14.2 Å². The summed E-state index contributed by atoms with van der Waals surface area (Å²) in [5.74, 6) is 1.85. The molecule has 2 aromatic carbocycles.